The van der Waals surface area contributed by atoms with Crippen LogP contribution >= 0.6 is 23.2 Å². The Bertz CT molecular complexity index is 1510. The zero-order chi connectivity index (χ0) is 25.1. The van der Waals surface area contributed by atoms with Crippen molar-refractivity contribution in [1.29, 1.82) is 0 Å². The summed E-state index contributed by atoms with van der Waals surface area (Å²) in [7, 11) is 1.22. The predicted molar refractivity (Wildman–Crippen MR) is 132 cm³/mol. The summed E-state index contributed by atoms with van der Waals surface area (Å²) >= 11 is 12.1. The fourth-order valence-corrected chi connectivity index (χ4v) is 3.77. The Morgan fingerprint density at radius 2 is 1.75 bits per heavy atom. The number of rotatable bonds is 5. The number of hydrogen-bond donors (Lipinski definition) is 1. The van der Waals surface area contributed by atoms with Crippen LogP contribution in [0.3, 0.4) is 0 Å². The molecule has 0 fully saturated rings. The molecule has 185 valence electrons. The first-order chi connectivity index (χ1) is 16.8. The number of halogens is 2. The van der Waals surface area contributed by atoms with Gasteiger partial charge in [0.15, 0.2) is 0 Å². The number of methoxy groups -OCH3 is 1. The topological polar surface area (TPSA) is 114 Å². The van der Waals surface area contributed by atoms with Crippen LogP contribution in [0.25, 0.3) is 10.8 Å². The third-order valence-electron chi connectivity index (χ3n) is 5.17. The second-order valence-electron chi connectivity index (χ2n) is 7.40. The minimum atomic E-state index is -0.684. The number of esters is 1. The molecule has 0 unspecified atom stereocenters. The number of nitrogens with zero attached hydrogens (tertiary/aromatic N) is 1. The Hall–Kier alpha value is -3.55. The summed E-state index contributed by atoms with van der Waals surface area (Å²) in [5.74, 6) is -2.36. The second-order valence-corrected chi connectivity index (χ2v) is 8.24. The summed E-state index contributed by atoms with van der Waals surface area (Å²) in [6.45, 7) is 0. The number of hydrogen-bond acceptors (Lipinski definition) is 6. The predicted octanol–water partition coefficient (Wildman–Crippen LogP) is 5.08. The van der Waals surface area contributed by atoms with E-state index in [1.54, 1.807) is 30.3 Å². The maximum atomic E-state index is 13.3. The minimum Gasteiger partial charge on any atom is -0.871 e. The van der Waals surface area contributed by atoms with Gasteiger partial charge >= 0.3 is 23.0 Å². The molecule has 0 atom stereocenters. The zero-order valence-electron chi connectivity index (χ0n) is 18.5. The van der Waals surface area contributed by atoms with Gasteiger partial charge in [0, 0.05) is 16.8 Å². The molecule has 7 nitrogen and oxygen atoms in total. The van der Waals surface area contributed by atoms with Crippen molar-refractivity contribution in [2.45, 2.75) is 0 Å². The van der Waals surface area contributed by atoms with Crippen LogP contribution in [0.15, 0.2) is 71.7 Å². The number of nitrogens with one attached hydrogen (secondary N) is 1. The van der Waals surface area contributed by atoms with Crippen LogP contribution in [0.2, 0.25) is 10.0 Å². The SMILES string of the molecule is COC(=O)c1ccc([O-])c(N=Cc2c([O-])c(C(=O)Nc3cc(Cl)ccc3Cl)cc3ccccc23)c1.[Cu+2]. The molecular formula is C26H16Cl2CuN2O5. The van der Waals surface area contributed by atoms with Gasteiger partial charge in [-0.05, 0) is 52.7 Å². The minimum absolute atomic E-state index is 0. The Labute approximate surface area is 226 Å². The maximum absolute atomic E-state index is 13.3. The number of anilines is 1. The van der Waals surface area contributed by atoms with Crippen LogP contribution in [-0.4, -0.2) is 25.2 Å². The van der Waals surface area contributed by atoms with Crippen molar-refractivity contribution in [2.75, 3.05) is 12.4 Å². The van der Waals surface area contributed by atoms with E-state index in [-0.39, 0.29) is 50.2 Å². The molecule has 36 heavy (non-hydrogen) atoms. The Kier molecular flexibility index (Phi) is 8.61. The van der Waals surface area contributed by atoms with Crippen LogP contribution in [0.5, 0.6) is 11.5 Å². The summed E-state index contributed by atoms with van der Waals surface area (Å²) in [5, 5.41) is 30.0. The van der Waals surface area contributed by atoms with Gasteiger partial charge in [-0.3, -0.25) is 9.79 Å². The van der Waals surface area contributed by atoms with E-state index in [9.17, 15) is 19.8 Å². The van der Waals surface area contributed by atoms with Crippen LogP contribution in [0, 0.1) is 0 Å². The van der Waals surface area contributed by atoms with Gasteiger partial charge in [-0.2, -0.15) is 0 Å². The molecule has 0 aliphatic carbocycles. The standard InChI is InChI=1S/C26H18Cl2N2O5.Cu/c1-35-26(34)15-6-9-23(31)22(11-15)29-13-19-17-5-3-2-4-14(17)10-18(24(19)32)25(33)30-21-12-16(27)7-8-20(21)28;/h2-13,31-32H,1H3,(H,30,33);/q;+2/p-2. The number of amides is 1. The largest absolute Gasteiger partial charge is 2.00 e. The van der Waals surface area contributed by atoms with Gasteiger partial charge in [0.2, 0.25) is 0 Å². The molecule has 0 aromatic heterocycles. The van der Waals surface area contributed by atoms with Gasteiger partial charge in [0.1, 0.15) is 0 Å². The van der Waals surface area contributed by atoms with E-state index in [1.165, 1.54) is 49.7 Å². The fourth-order valence-electron chi connectivity index (χ4n) is 3.43. The van der Waals surface area contributed by atoms with Crippen molar-refractivity contribution in [1.82, 2.24) is 0 Å². The number of aliphatic imine (C=N–C) groups is 1. The molecule has 0 aliphatic heterocycles. The first-order valence-corrected chi connectivity index (χ1v) is 11.0. The monoisotopic (exact) mass is 569 g/mol. The number of benzene rings is 4. The van der Waals surface area contributed by atoms with E-state index < -0.39 is 23.4 Å². The van der Waals surface area contributed by atoms with Gasteiger partial charge in [0.05, 0.1) is 29.1 Å². The van der Waals surface area contributed by atoms with Crippen molar-refractivity contribution in [3.8, 4) is 11.5 Å². The van der Waals surface area contributed by atoms with Crippen molar-refractivity contribution in [3.05, 3.63) is 93.5 Å². The summed E-state index contributed by atoms with van der Waals surface area (Å²) in [6, 6.07) is 16.8. The van der Waals surface area contributed by atoms with Gasteiger partial charge in [-0.15, -0.1) is 0 Å². The molecule has 1 amide bonds. The Morgan fingerprint density at radius 1 is 1.00 bits per heavy atom. The first kappa shape index (κ1) is 27.0. The first-order valence-electron chi connectivity index (χ1n) is 10.2. The Morgan fingerprint density at radius 3 is 2.50 bits per heavy atom. The van der Waals surface area contributed by atoms with Crippen LogP contribution in [0.4, 0.5) is 11.4 Å². The average Bonchev–Trinajstić information content (AvgIpc) is 2.85. The molecule has 10 heteroatoms. The zero-order valence-corrected chi connectivity index (χ0v) is 20.9. The molecular weight excluding hydrogens is 555 g/mol. The average molecular weight is 571 g/mol. The van der Waals surface area contributed by atoms with Gasteiger partial charge in [0.25, 0.3) is 5.91 Å². The molecule has 4 aromatic rings. The smallest absolute Gasteiger partial charge is 0.871 e. The van der Waals surface area contributed by atoms with E-state index in [0.29, 0.717) is 15.8 Å². The van der Waals surface area contributed by atoms with E-state index in [1.807, 2.05) is 0 Å². The molecule has 1 radical (unpaired) electrons. The second kappa shape index (κ2) is 11.5. The molecule has 0 spiro atoms. The maximum Gasteiger partial charge on any atom is 2.00 e. The normalized spacial score (nSPS) is 10.8. The van der Waals surface area contributed by atoms with Gasteiger partial charge in [-0.1, -0.05) is 65.0 Å². The van der Waals surface area contributed by atoms with Crippen LogP contribution in [0.1, 0.15) is 26.3 Å². The number of carbonyl (C=O) groups is 2. The summed E-state index contributed by atoms with van der Waals surface area (Å²) in [4.78, 5) is 29.0. The summed E-state index contributed by atoms with van der Waals surface area (Å²) in [6.07, 6.45) is 1.21. The third-order valence-corrected chi connectivity index (χ3v) is 5.74. The van der Waals surface area contributed by atoms with Crippen molar-refractivity contribution in [2.24, 2.45) is 4.99 Å². The molecule has 1 N–H and O–H groups in total. The number of ether oxygens (including phenoxy) is 1. The molecule has 4 rings (SSSR count). The fraction of sp³-hybridized carbons (Fsp3) is 0.0385. The van der Waals surface area contributed by atoms with Gasteiger partial charge < -0.3 is 20.3 Å². The number of carbonyl (C=O) groups excluding carboxylic acids is 2. The van der Waals surface area contributed by atoms with E-state index in [2.05, 4.69) is 15.0 Å². The van der Waals surface area contributed by atoms with Crippen molar-refractivity contribution in [3.63, 3.8) is 0 Å². The number of fused-ring (bicyclic) bond motifs is 1. The molecule has 0 saturated heterocycles. The molecule has 0 bridgehead atoms. The van der Waals surface area contributed by atoms with Crippen molar-refractivity contribution < 1.29 is 41.6 Å². The molecule has 0 heterocycles. The third kappa shape index (κ3) is 5.64. The Balaban J connectivity index is 0.00000361. The molecule has 4 aromatic carbocycles. The van der Waals surface area contributed by atoms with E-state index in [0.717, 1.165) is 0 Å². The van der Waals surface area contributed by atoms with Gasteiger partial charge in [-0.25, -0.2) is 4.79 Å². The van der Waals surface area contributed by atoms with E-state index >= 15 is 0 Å². The quantitative estimate of drug-likeness (QED) is 0.204. The van der Waals surface area contributed by atoms with E-state index in [4.69, 9.17) is 23.2 Å². The van der Waals surface area contributed by atoms with Crippen LogP contribution < -0.4 is 15.5 Å². The summed E-state index contributed by atoms with van der Waals surface area (Å²) < 4.78 is 4.67. The molecule has 0 saturated carbocycles. The summed E-state index contributed by atoms with van der Waals surface area (Å²) in [5.41, 5.74) is 0.289. The van der Waals surface area contributed by atoms with Crippen molar-refractivity contribution >= 4 is 63.4 Å². The van der Waals surface area contributed by atoms with Crippen LogP contribution in [-0.2, 0) is 21.8 Å². The molecule has 0 aliphatic rings.